The van der Waals surface area contributed by atoms with Gasteiger partial charge in [0.25, 0.3) is 11.6 Å². The molecular formula is C15H14F4N4O3. The van der Waals surface area contributed by atoms with Crippen LogP contribution in [0.2, 0.25) is 0 Å². The number of aromatic nitrogens is 2. The number of amides is 1. The van der Waals surface area contributed by atoms with Gasteiger partial charge in [0.15, 0.2) is 5.69 Å². The molecule has 1 aromatic heterocycles. The molecule has 0 bridgehead atoms. The third-order valence-corrected chi connectivity index (χ3v) is 3.48. The van der Waals surface area contributed by atoms with Crippen molar-refractivity contribution >= 4 is 11.6 Å². The van der Waals surface area contributed by atoms with Crippen LogP contribution in [0, 0.1) is 15.9 Å². The maximum Gasteiger partial charge on any atom is 0.433 e. The van der Waals surface area contributed by atoms with Gasteiger partial charge >= 0.3 is 6.18 Å². The van der Waals surface area contributed by atoms with E-state index >= 15 is 0 Å². The molecule has 0 atom stereocenters. The molecule has 1 N–H and O–H groups in total. The van der Waals surface area contributed by atoms with Gasteiger partial charge < -0.3 is 5.32 Å². The van der Waals surface area contributed by atoms with E-state index in [0.29, 0.717) is 4.68 Å². The minimum Gasteiger partial charge on any atom is -0.348 e. The van der Waals surface area contributed by atoms with E-state index in [1.165, 1.54) is 13.8 Å². The van der Waals surface area contributed by atoms with Crippen molar-refractivity contribution in [3.8, 4) is 0 Å². The zero-order valence-electron chi connectivity index (χ0n) is 13.7. The molecule has 2 aromatic rings. The molecule has 0 unspecified atom stereocenters. The monoisotopic (exact) mass is 374 g/mol. The number of nitrogens with zero attached hydrogens (tertiary/aromatic N) is 3. The molecule has 140 valence electrons. The number of carbonyl (C=O) groups is 1. The van der Waals surface area contributed by atoms with Gasteiger partial charge in [0.2, 0.25) is 0 Å². The zero-order chi connectivity index (χ0) is 19.6. The largest absolute Gasteiger partial charge is 0.433 e. The second kappa shape index (κ2) is 7.10. The molecule has 0 aliphatic heterocycles. The van der Waals surface area contributed by atoms with Gasteiger partial charge in [0, 0.05) is 18.7 Å². The molecule has 0 aliphatic carbocycles. The number of hydrogen-bond donors (Lipinski definition) is 1. The van der Waals surface area contributed by atoms with Crippen molar-refractivity contribution in [3.63, 3.8) is 0 Å². The number of nitro groups is 1. The summed E-state index contributed by atoms with van der Waals surface area (Å²) in [6, 6.07) is 1.98. The van der Waals surface area contributed by atoms with Crippen LogP contribution in [0.25, 0.3) is 0 Å². The van der Waals surface area contributed by atoms with E-state index in [9.17, 15) is 32.5 Å². The molecule has 2 rings (SSSR count). The smallest absolute Gasteiger partial charge is 0.348 e. The zero-order valence-corrected chi connectivity index (χ0v) is 13.7. The van der Waals surface area contributed by atoms with Crippen LogP contribution in [-0.2, 0) is 12.7 Å². The fourth-order valence-electron chi connectivity index (χ4n) is 2.35. The third-order valence-electron chi connectivity index (χ3n) is 3.48. The first-order valence-corrected chi connectivity index (χ1v) is 7.38. The molecule has 0 spiro atoms. The first-order valence-electron chi connectivity index (χ1n) is 7.38. The quantitative estimate of drug-likeness (QED) is 0.493. The normalized spacial score (nSPS) is 11.7. The average molecular weight is 374 g/mol. The molecule has 1 heterocycles. The Balaban J connectivity index is 2.30. The predicted molar refractivity (Wildman–Crippen MR) is 81.8 cm³/mol. The maximum absolute atomic E-state index is 13.3. The van der Waals surface area contributed by atoms with Gasteiger partial charge in [-0.15, -0.1) is 0 Å². The van der Waals surface area contributed by atoms with Crippen LogP contribution in [-0.4, -0.2) is 20.6 Å². The summed E-state index contributed by atoms with van der Waals surface area (Å²) in [7, 11) is 0. The number of halogens is 4. The maximum atomic E-state index is 13.3. The SMILES string of the molecule is CC(C)n1ncc(C(=O)NCc2cc(F)ccc2[N+](=O)[O-])c1C(F)(F)F. The molecule has 0 saturated carbocycles. The van der Waals surface area contributed by atoms with Crippen molar-refractivity contribution in [1.29, 1.82) is 0 Å². The Bertz CT molecular complexity index is 846. The van der Waals surface area contributed by atoms with Gasteiger partial charge in [0.1, 0.15) is 5.82 Å². The van der Waals surface area contributed by atoms with Gasteiger partial charge in [0.05, 0.1) is 22.2 Å². The van der Waals surface area contributed by atoms with E-state index in [0.717, 1.165) is 24.4 Å². The number of nitrogens with one attached hydrogen (secondary N) is 1. The lowest BCUT2D eigenvalue weighted by Gasteiger charge is -2.15. The third kappa shape index (κ3) is 3.98. The summed E-state index contributed by atoms with van der Waals surface area (Å²) in [5.74, 6) is -1.90. The predicted octanol–water partition coefficient (Wildman–Crippen LogP) is 3.46. The van der Waals surface area contributed by atoms with Crippen LogP contribution < -0.4 is 5.32 Å². The van der Waals surface area contributed by atoms with Crippen LogP contribution in [0.15, 0.2) is 24.4 Å². The highest BCUT2D eigenvalue weighted by atomic mass is 19.4. The summed E-state index contributed by atoms with van der Waals surface area (Å²) in [5, 5.41) is 16.6. The van der Waals surface area contributed by atoms with Crippen molar-refractivity contribution in [2.75, 3.05) is 0 Å². The molecule has 26 heavy (non-hydrogen) atoms. The van der Waals surface area contributed by atoms with Crippen LogP contribution in [0.5, 0.6) is 0 Å². The Morgan fingerprint density at radius 1 is 1.38 bits per heavy atom. The molecule has 7 nitrogen and oxygen atoms in total. The molecule has 1 amide bonds. The van der Waals surface area contributed by atoms with E-state index in [1.807, 2.05) is 0 Å². The van der Waals surface area contributed by atoms with E-state index in [2.05, 4.69) is 10.4 Å². The topological polar surface area (TPSA) is 90.1 Å². The van der Waals surface area contributed by atoms with Gasteiger partial charge in [-0.3, -0.25) is 19.6 Å². The Morgan fingerprint density at radius 3 is 2.58 bits per heavy atom. The number of carbonyl (C=O) groups excluding carboxylic acids is 1. The minimum atomic E-state index is -4.82. The fraction of sp³-hybridized carbons (Fsp3) is 0.333. The van der Waals surface area contributed by atoms with E-state index in [4.69, 9.17) is 0 Å². The highest BCUT2D eigenvalue weighted by Crippen LogP contribution is 2.33. The molecule has 0 aliphatic rings. The van der Waals surface area contributed by atoms with Gasteiger partial charge in [-0.1, -0.05) is 0 Å². The van der Waals surface area contributed by atoms with E-state index < -0.39 is 52.4 Å². The van der Waals surface area contributed by atoms with Crippen LogP contribution in [0.3, 0.4) is 0 Å². The Kier molecular flexibility index (Phi) is 5.28. The standard InChI is InChI=1S/C15H14F4N4O3/c1-8(2)22-13(15(17,18)19)11(7-21-22)14(24)20-6-9-5-10(16)3-4-12(9)23(25)26/h3-5,7-8H,6H2,1-2H3,(H,20,24). The lowest BCUT2D eigenvalue weighted by Crippen LogP contribution is -2.27. The van der Waals surface area contributed by atoms with Crippen molar-refractivity contribution in [2.45, 2.75) is 32.6 Å². The molecule has 11 heteroatoms. The van der Waals surface area contributed by atoms with Crippen molar-refractivity contribution in [3.05, 3.63) is 57.1 Å². The highest BCUT2D eigenvalue weighted by Gasteiger charge is 2.40. The first-order chi connectivity index (χ1) is 12.0. The highest BCUT2D eigenvalue weighted by molar-refractivity contribution is 5.95. The number of benzene rings is 1. The lowest BCUT2D eigenvalue weighted by atomic mass is 10.1. The average Bonchev–Trinajstić information content (AvgIpc) is 2.98. The summed E-state index contributed by atoms with van der Waals surface area (Å²) in [6.45, 7) is 2.43. The number of alkyl halides is 3. The summed E-state index contributed by atoms with van der Waals surface area (Å²) < 4.78 is 53.7. The summed E-state index contributed by atoms with van der Waals surface area (Å²) >= 11 is 0. The summed E-state index contributed by atoms with van der Waals surface area (Å²) in [4.78, 5) is 22.3. The molecule has 0 radical (unpaired) electrons. The summed E-state index contributed by atoms with van der Waals surface area (Å²) in [5.41, 5.74) is -2.57. The second-order valence-corrected chi connectivity index (χ2v) is 5.66. The number of hydrogen-bond acceptors (Lipinski definition) is 4. The molecule has 1 aromatic carbocycles. The molecule has 0 fully saturated rings. The van der Waals surface area contributed by atoms with Gasteiger partial charge in [-0.25, -0.2) is 4.39 Å². The molecular weight excluding hydrogens is 360 g/mol. The van der Waals surface area contributed by atoms with Crippen LogP contribution in [0.1, 0.15) is 41.5 Å². The molecule has 0 saturated heterocycles. The summed E-state index contributed by atoms with van der Waals surface area (Å²) in [6.07, 6.45) is -4.05. The van der Waals surface area contributed by atoms with Crippen molar-refractivity contribution < 1.29 is 27.3 Å². The Labute approximate surface area is 144 Å². The lowest BCUT2D eigenvalue weighted by molar-refractivity contribution is -0.385. The van der Waals surface area contributed by atoms with Crippen LogP contribution >= 0.6 is 0 Å². The van der Waals surface area contributed by atoms with Crippen molar-refractivity contribution in [2.24, 2.45) is 0 Å². The van der Waals surface area contributed by atoms with E-state index in [-0.39, 0.29) is 5.56 Å². The van der Waals surface area contributed by atoms with Crippen LogP contribution in [0.4, 0.5) is 23.2 Å². The Hall–Kier alpha value is -2.98. The fourth-order valence-corrected chi connectivity index (χ4v) is 2.35. The minimum absolute atomic E-state index is 0.173. The number of nitro benzene ring substituents is 1. The van der Waals surface area contributed by atoms with Gasteiger partial charge in [-0.05, 0) is 26.0 Å². The first kappa shape index (κ1) is 19.3. The second-order valence-electron chi connectivity index (χ2n) is 5.66. The van der Waals surface area contributed by atoms with E-state index in [1.54, 1.807) is 0 Å². The van der Waals surface area contributed by atoms with Crippen molar-refractivity contribution in [1.82, 2.24) is 15.1 Å². The van der Waals surface area contributed by atoms with Gasteiger partial charge in [-0.2, -0.15) is 18.3 Å². The number of rotatable bonds is 5. The Morgan fingerprint density at radius 2 is 2.04 bits per heavy atom.